The number of aliphatic hydroxyl groups excluding tert-OH is 1. The van der Waals surface area contributed by atoms with Crippen molar-refractivity contribution in [2.75, 3.05) is 31.1 Å². The number of rotatable bonds is 7. The summed E-state index contributed by atoms with van der Waals surface area (Å²) in [6.07, 6.45) is 9.91. The normalized spacial score (nSPS) is 17.7. The third-order valence-electron chi connectivity index (χ3n) is 7.08. The van der Waals surface area contributed by atoms with Gasteiger partial charge in [-0.1, -0.05) is 52.2 Å². The molecule has 188 valence electrons. The molecule has 2 aromatic rings. The first-order valence-electron chi connectivity index (χ1n) is 13.2. The minimum Gasteiger partial charge on any atom is -0.396 e. The average Bonchev–Trinajstić information content (AvgIpc) is 3.48. The number of para-hydroxylation sites is 2. The van der Waals surface area contributed by atoms with Crippen molar-refractivity contribution in [3.05, 3.63) is 24.3 Å². The van der Waals surface area contributed by atoms with Crippen molar-refractivity contribution >= 4 is 22.9 Å². The number of nitrogens with one attached hydrogen (secondary N) is 2. The number of anilines is 1. The number of hydrogen-bond acceptors (Lipinski definition) is 4. The van der Waals surface area contributed by atoms with Crippen LogP contribution in [0.2, 0.25) is 0 Å². The number of nitrogens with zero attached hydrogens (tertiary/aromatic N) is 2. The van der Waals surface area contributed by atoms with E-state index in [1.54, 1.807) is 0 Å². The summed E-state index contributed by atoms with van der Waals surface area (Å²) in [6, 6.07) is 8.24. The van der Waals surface area contributed by atoms with Crippen LogP contribution in [0.25, 0.3) is 11.0 Å². The molecule has 2 heterocycles. The van der Waals surface area contributed by atoms with Gasteiger partial charge in [0.15, 0.2) is 0 Å². The second kappa shape index (κ2) is 14.2. The number of piperidine rings is 1. The Bertz CT molecular complexity index is 779. The van der Waals surface area contributed by atoms with Gasteiger partial charge in [-0.05, 0) is 62.5 Å². The highest BCUT2D eigenvalue weighted by molar-refractivity contribution is 5.77. The highest BCUT2D eigenvalue weighted by Gasteiger charge is 2.35. The van der Waals surface area contributed by atoms with Crippen molar-refractivity contribution < 1.29 is 11.3 Å². The van der Waals surface area contributed by atoms with Gasteiger partial charge in [-0.15, -0.1) is 0 Å². The van der Waals surface area contributed by atoms with E-state index in [2.05, 4.69) is 39.2 Å². The second-order valence-electron chi connectivity index (χ2n) is 9.23. The maximum absolute atomic E-state index is 11.5. The summed E-state index contributed by atoms with van der Waals surface area (Å²) in [6.45, 7) is 11.4. The Balaban J connectivity index is 0.000000314. The Morgan fingerprint density at radius 3 is 2.45 bits per heavy atom. The molecule has 0 radical (unpaired) electrons. The zero-order valence-electron chi connectivity index (χ0n) is 21.3. The van der Waals surface area contributed by atoms with Crippen LogP contribution in [0.1, 0.15) is 86.9 Å². The Morgan fingerprint density at radius 2 is 1.88 bits per heavy atom. The van der Waals surface area contributed by atoms with E-state index < -0.39 is 0 Å². The van der Waals surface area contributed by atoms with Gasteiger partial charge in [0.2, 0.25) is 11.9 Å². The highest BCUT2D eigenvalue weighted by Crippen LogP contribution is 2.43. The molecule has 1 aliphatic carbocycles. The molecule has 0 unspecified atom stereocenters. The van der Waals surface area contributed by atoms with E-state index in [1.807, 2.05) is 32.9 Å². The second-order valence-corrected chi connectivity index (χ2v) is 9.23. The number of aromatic amines is 1. The number of hydrogen-bond donors (Lipinski definition) is 3. The molecule has 4 rings (SSSR count). The lowest BCUT2D eigenvalue weighted by molar-refractivity contribution is -0.123. The van der Waals surface area contributed by atoms with Crippen LogP contribution in [-0.2, 0) is 4.79 Å². The predicted molar refractivity (Wildman–Crippen MR) is 141 cm³/mol. The first kappa shape index (κ1) is 27.2. The fourth-order valence-electron chi connectivity index (χ4n) is 5.12. The summed E-state index contributed by atoms with van der Waals surface area (Å²) in [4.78, 5) is 21.9. The maximum atomic E-state index is 11.5. The van der Waals surface area contributed by atoms with E-state index in [9.17, 15) is 4.79 Å². The third kappa shape index (κ3) is 8.02. The highest BCUT2D eigenvalue weighted by atomic mass is 16.3. The molecule has 1 aliphatic heterocycles. The zero-order chi connectivity index (χ0) is 24.1. The Morgan fingerprint density at radius 1 is 1.21 bits per heavy atom. The van der Waals surface area contributed by atoms with E-state index in [1.165, 1.54) is 32.1 Å². The van der Waals surface area contributed by atoms with Crippen LogP contribution in [0.15, 0.2) is 24.3 Å². The Hall–Kier alpha value is -2.08. The van der Waals surface area contributed by atoms with Crippen molar-refractivity contribution in [1.82, 2.24) is 15.3 Å². The zero-order valence-corrected chi connectivity index (χ0v) is 21.3. The number of aromatic nitrogens is 2. The molecule has 1 aromatic carbocycles. The Labute approximate surface area is 202 Å². The minimum absolute atomic E-state index is 0. The summed E-state index contributed by atoms with van der Waals surface area (Å²) in [5.74, 6) is 2.10. The summed E-state index contributed by atoms with van der Waals surface area (Å²) in [5.41, 5.74) is 2.31. The van der Waals surface area contributed by atoms with Crippen LogP contribution in [0, 0.1) is 11.3 Å². The van der Waals surface area contributed by atoms with Crippen LogP contribution >= 0.6 is 0 Å². The van der Waals surface area contributed by atoms with Crippen molar-refractivity contribution in [3.63, 3.8) is 0 Å². The Kier molecular flexibility index (Phi) is 11.7. The molecule has 33 heavy (non-hydrogen) atoms. The molecule has 0 spiro atoms. The SMILES string of the molecule is CC.CCC1CCN(c2nc3ccccc3[nH]2)CC1.CCNC(=O)CC1(CCO)CCCC1.[HH]. The van der Waals surface area contributed by atoms with Crippen LogP contribution in [0.4, 0.5) is 5.95 Å². The largest absolute Gasteiger partial charge is 0.396 e. The van der Waals surface area contributed by atoms with Gasteiger partial charge in [-0.2, -0.15) is 0 Å². The minimum atomic E-state index is 0. The third-order valence-corrected chi connectivity index (χ3v) is 7.08. The van der Waals surface area contributed by atoms with Gasteiger partial charge >= 0.3 is 0 Å². The number of amides is 1. The van der Waals surface area contributed by atoms with Crippen LogP contribution < -0.4 is 10.2 Å². The first-order chi connectivity index (χ1) is 16.1. The number of aliphatic hydroxyl groups is 1. The quantitative estimate of drug-likeness (QED) is 0.479. The van der Waals surface area contributed by atoms with Crippen LogP contribution in [-0.4, -0.2) is 47.2 Å². The van der Waals surface area contributed by atoms with Crippen molar-refractivity contribution in [2.45, 2.75) is 85.5 Å². The number of H-pyrrole nitrogens is 1. The topological polar surface area (TPSA) is 81.2 Å². The fraction of sp³-hybridized carbons (Fsp3) is 0.704. The van der Waals surface area contributed by atoms with Crippen LogP contribution in [0.3, 0.4) is 0 Å². The molecular formula is C27H48N4O2. The lowest BCUT2D eigenvalue weighted by Crippen LogP contribution is -2.34. The first-order valence-corrected chi connectivity index (χ1v) is 13.2. The number of fused-ring (bicyclic) bond motifs is 1. The number of imidazole rings is 1. The van der Waals surface area contributed by atoms with Gasteiger partial charge in [0, 0.05) is 34.1 Å². The lowest BCUT2D eigenvalue weighted by Gasteiger charge is -2.31. The number of carbonyl (C=O) groups is 1. The molecule has 1 aromatic heterocycles. The standard InChI is InChI=1S/C14H19N3.C11H21NO2.C2H6.H2/c1-2-11-7-9-17(10-8-11)14-15-12-5-3-4-6-13(12)16-14;1-2-12-10(14)9-11(7-8-13)5-3-4-6-11;1-2;/h3-6,11H,2,7-10H2,1H3,(H,15,16);13H,2-9H2,1H3,(H,12,14);1-2H3;1H. The smallest absolute Gasteiger partial charge is 0.220 e. The van der Waals surface area contributed by atoms with E-state index in [-0.39, 0.29) is 19.4 Å². The molecule has 0 atom stereocenters. The molecule has 6 nitrogen and oxygen atoms in total. The van der Waals surface area contributed by atoms with Gasteiger partial charge in [-0.3, -0.25) is 4.79 Å². The fourth-order valence-corrected chi connectivity index (χ4v) is 5.12. The van der Waals surface area contributed by atoms with E-state index in [0.717, 1.165) is 55.3 Å². The molecule has 2 aliphatic rings. The summed E-state index contributed by atoms with van der Waals surface area (Å²) < 4.78 is 0. The monoisotopic (exact) mass is 460 g/mol. The molecule has 6 heteroatoms. The van der Waals surface area contributed by atoms with Gasteiger partial charge in [0.1, 0.15) is 0 Å². The van der Waals surface area contributed by atoms with Gasteiger partial charge in [0.05, 0.1) is 11.0 Å². The van der Waals surface area contributed by atoms with Crippen molar-refractivity contribution in [2.24, 2.45) is 11.3 Å². The van der Waals surface area contributed by atoms with E-state index in [4.69, 9.17) is 5.11 Å². The molecular weight excluding hydrogens is 412 g/mol. The molecule has 1 saturated heterocycles. The molecule has 1 amide bonds. The summed E-state index contributed by atoms with van der Waals surface area (Å²) >= 11 is 0. The molecule has 0 bridgehead atoms. The lowest BCUT2D eigenvalue weighted by atomic mass is 9.79. The van der Waals surface area contributed by atoms with E-state index in [0.29, 0.717) is 13.0 Å². The predicted octanol–water partition coefficient (Wildman–Crippen LogP) is 5.92. The van der Waals surface area contributed by atoms with Crippen molar-refractivity contribution in [3.8, 4) is 0 Å². The molecule has 1 saturated carbocycles. The van der Waals surface area contributed by atoms with E-state index >= 15 is 0 Å². The van der Waals surface area contributed by atoms with Gasteiger partial charge in [-0.25, -0.2) is 4.98 Å². The van der Waals surface area contributed by atoms with Crippen LogP contribution in [0.5, 0.6) is 0 Å². The molecule has 3 N–H and O–H groups in total. The summed E-state index contributed by atoms with van der Waals surface area (Å²) in [5, 5.41) is 11.8. The van der Waals surface area contributed by atoms with Gasteiger partial charge < -0.3 is 20.3 Å². The summed E-state index contributed by atoms with van der Waals surface area (Å²) in [7, 11) is 0. The maximum Gasteiger partial charge on any atom is 0.220 e. The van der Waals surface area contributed by atoms with Crippen molar-refractivity contribution in [1.29, 1.82) is 0 Å². The average molecular weight is 461 g/mol. The molecule has 2 fully saturated rings. The number of benzene rings is 1. The number of carbonyl (C=O) groups excluding carboxylic acids is 1. The van der Waals surface area contributed by atoms with Gasteiger partial charge in [0.25, 0.3) is 0 Å².